The number of benzene rings is 1. The Morgan fingerprint density at radius 2 is 2.08 bits per heavy atom. The number of piperidine rings is 1. The van der Waals surface area contributed by atoms with Crippen LogP contribution in [0.15, 0.2) is 24.3 Å². The molecule has 0 saturated carbocycles. The molecule has 0 N–H and O–H groups in total. The average Bonchev–Trinajstić information content (AvgIpc) is 2.99. The lowest BCUT2D eigenvalue weighted by Gasteiger charge is -2.25. The Hall–Kier alpha value is -2.21. The van der Waals surface area contributed by atoms with E-state index in [0.717, 1.165) is 37.1 Å². The molecule has 0 unspecified atom stereocenters. The van der Waals surface area contributed by atoms with Gasteiger partial charge in [0.1, 0.15) is 0 Å². The molecule has 24 heavy (non-hydrogen) atoms. The molecule has 1 aromatic carbocycles. The maximum absolute atomic E-state index is 12.3. The molecule has 0 radical (unpaired) electrons. The highest BCUT2D eigenvalue weighted by Crippen LogP contribution is 2.19. The zero-order chi connectivity index (χ0) is 16.9. The number of aromatic nitrogens is 4. The van der Waals surface area contributed by atoms with Crippen molar-refractivity contribution in [3.63, 3.8) is 0 Å². The molecule has 1 saturated heterocycles. The van der Waals surface area contributed by atoms with Gasteiger partial charge in [0, 0.05) is 24.2 Å². The Morgan fingerprint density at radius 1 is 1.29 bits per heavy atom. The fourth-order valence-electron chi connectivity index (χ4n) is 2.80. The monoisotopic (exact) mass is 345 g/mol. The van der Waals surface area contributed by atoms with Crippen molar-refractivity contribution in [3.05, 3.63) is 46.2 Å². The number of amides is 1. The van der Waals surface area contributed by atoms with E-state index >= 15 is 0 Å². The second-order valence-corrected chi connectivity index (χ2v) is 6.37. The molecule has 1 aromatic heterocycles. The van der Waals surface area contributed by atoms with Crippen LogP contribution in [-0.2, 0) is 11.3 Å². The van der Waals surface area contributed by atoms with Crippen molar-refractivity contribution in [1.82, 2.24) is 25.1 Å². The molecule has 0 bridgehead atoms. The molecule has 2 aromatic rings. The highest BCUT2D eigenvalue weighted by Gasteiger charge is 2.14. The van der Waals surface area contributed by atoms with E-state index in [2.05, 4.69) is 15.4 Å². The summed E-state index contributed by atoms with van der Waals surface area (Å²) in [6.45, 7) is 3.94. The minimum Gasteiger partial charge on any atom is -0.339 e. The van der Waals surface area contributed by atoms with E-state index in [1.54, 1.807) is 13.0 Å². The Morgan fingerprint density at radius 3 is 2.79 bits per heavy atom. The summed E-state index contributed by atoms with van der Waals surface area (Å²) in [5, 5.41) is 12.7. The summed E-state index contributed by atoms with van der Waals surface area (Å²) >= 11 is 6.11. The SMILES string of the molecule is Cc1nnn(Cc2cc(Cl)ccc2C=CC(=O)N2CCCCC2)n1. The number of carbonyl (C=O) groups is 1. The Balaban J connectivity index is 1.76. The van der Waals surface area contributed by atoms with E-state index in [9.17, 15) is 4.79 Å². The summed E-state index contributed by atoms with van der Waals surface area (Å²) in [6.07, 6.45) is 6.86. The van der Waals surface area contributed by atoms with Crippen LogP contribution < -0.4 is 0 Å². The van der Waals surface area contributed by atoms with Gasteiger partial charge in [-0.15, -0.1) is 10.2 Å². The van der Waals surface area contributed by atoms with Crippen molar-refractivity contribution in [2.24, 2.45) is 0 Å². The summed E-state index contributed by atoms with van der Waals surface area (Å²) in [5.41, 5.74) is 1.88. The van der Waals surface area contributed by atoms with Crippen LogP contribution in [0.3, 0.4) is 0 Å². The topological polar surface area (TPSA) is 63.9 Å². The van der Waals surface area contributed by atoms with E-state index < -0.39 is 0 Å². The second kappa shape index (κ2) is 7.57. The number of halogens is 1. The first-order valence-electron chi connectivity index (χ1n) is 8.11. The lowest BCUT2D eigenvalue weighted by atomic mass is 10.1. The minimum absolute atomic E-state index is 0.0605. The Kier molecular flexibility index (Phi) is 5.25. The van der Waals surface area contributed by atoms with Crippen molar-refractivity contribution in [2.75, 3.05) is 13.1 Å². The third-order valence-electron chi connectivity index (χ3n) is 4.04. The van der Waals surface area contributed by atoms with Crippen LogP contribution >= 0.6 is 11.6 Å². The Bertz CT molecular complexity index is 749. The molecule has 0 spiro atoms. The summed E-state index contributed by atoms with van der Waals surface area (Å²) in [4.78, 5) is 15.7. The van der Waals surface area contributed by atoms with Crippen molar-refractivity contribution in [2.45, 2.75) is 32.7 Å². The molecular formula is C17H20ClN5O. The first-order chi connectivity index (χ1) is 11.6. The smallest absolute Gasteiger partial charge is 0.246 e. The summed E-state index contributed by atoms with van der Waals surface area (Å²) in [5.74, 6) is 0.680. The number of hydrogen-bond donors (Lipinski definition) is 0. The maximum atomic E-state index is 12.3. The largest absolute Gasteiger partial charge is 0.339 e. The van der Waals surface area contributed by atoms with Crippen LogP contribution in [0, 0.1) is 6.92 Å². The number of carbonyl (C=O) groups excluding carboxylic acids is 1. The lowest BCUT2D eigenvalue weighted by Crippen LogP contribution is -2.34. The van der Waals surface area contributed by atoms with Crippen LogP contribution in [0.25, 0.3) is 6.08 Å². The van der Waals surface area contributed by atoms with Gasteiger partial charge in [0.05, 0.1) is 6.54 Å². The van der Waals surface area contributed by atoms with Crippen LogP contribution in [0.5, 0.6) is 0 Å². The maximum Gasteiger partial charge on any atom is 0.246 e. The third-order valence-corrected chi connectivity index (χ3v) is 4.28. The average molecular weight is 346 g/mol. The van der Waals surface area contributed by atoms with Gasteiger partial charge in [-0.1, -0.05) is 17.7 Å². The number of hydrogen-bond acceptors (Lipinski definition) is 4. The van der Waals surface area contributed by atoms with E-state index in [0.29, 0.717) is 17.4 Å². The molecular weight excluding hydrogens is 326 g/mol. The minimum atomic E-state index is 0.0605. The highest BCUT2D eigenvalue weighted by atomic mass is 35.5. The molecule has 1 aliphatic heterocycles. The van der Waals surface area contributed by atoms with Crippen LogP contribution in [0.4, 0.5) is 0 Å². The molecule has 1 fully saturated rings. The molecule has 2 heterocycles. The van der Waals surface area contributed by atoms with E-state index in [-0.39, 0.29) is 5.91 Å². The first kappa shape index (κ1) is 16.6. The number of rotatable bonds is 4. The van der Waals surface area contributed by atoms with Gasteiger partial charge in [0.2, 0.25) is 5.91 Å². The zero-order valence-corrected chi connectivity index (χ0v) is 14.4. The molecule has 126 valence electrons. The normalized spacial score (nSPS) is 15.2. The van der Waals surface area contributed by atoms with Gasteiger partial charge in [-0.3, -0.25) is 4.79 Å². The highest BCUT2D eigenvalue weighted by molar-refractivity contribution is 6.30. The molecule has 0 aliphatic carbocycles. The first-order valence-corrected chi connectivity index (χ1v) is 8.49. The van der Waals surface area contributed by atoms with Crippen molar-refractivity contribution < 1.29 is 4.79 Å². The van der Waals surface area contributed by atoms with Crippen molar-refractivity contribution in [1.29, 1.82) is 0 Å². The molecule has 0 atom stereocenters. The fourth-order valence-corrected chi connectivity index (χ4v) is 2.99. The molecule has 6 nitrogen and oxygen atoms in total. The van der Waals surface area contributed by atoms with Crippen LogP contribution in [-0.4, -0.2) is 44.1 Å². The standard InChI is InChI=1S/C17H20ClN5O/c1-13-19-21-23(20-13)12-15-11-16(18)7-5-14(15)6-8-17(24)22-9-3-2-4-10-22/h5-8,11H,2-4,9-10,12H2,1H3. The van der Waals surface area contributed by atoms with Gasteiger partial charge >= 0.3 is 0 Å². The third kappa shape index (κ3) is 4.20. The predicted molar refractivity (Wildman–Crippen MR) is 92.6 cm³/mol. The summed E-state index contributed by atoms with van der Waals surface area (Å²) in [6, 6.07) is 5.59. The van der Waals surface area contributed by atoms with Gasteiger partial charge in [0.25, 0.3) is 0 Å². The van der Waals surface area contributed by atoms with Gasteiger partial charge in [-0.25, -0.2) is 0 Å². The van der Waals surface area contributed by atoms with Crippen LogP contribution in [0.2, 0.25) is 5.02 Å². The Labute approximate surface area is 146 Å². The van der Waals surface area contributed by atoms with Gasteiger partial charge in [0.15, 0.2) is 5.82 Å². The quantitative estimate of drug-likeness (QED) is 0.799. The second-order valence-electron chi connectivity index (χ2n) is 5.93. The van der Waals surface area contributed by atoms with Crippen LogP contribution in [0.1, 0.15) is 36.2 Å². The number of likely N-dealkylation sites (tertiary alicyclic amines) is 1. The predicted octanol–water partition coefficient (Wildman–Crippen LogP) is 2.71. The lowest BCUT2D eigenvalue weighted by molar-refractivity contribution is -0.126. The number of aryl methyl sites for hydroxylation is 1. The van der Waals surface area contributed by atoms with Gasteiger partial charge < -0.3 is 4.90 Å². The summed E-state index contributed by atoms with van der Waals surface area (Å²) < 4.78 is 0. The molecule has 7 heteroatoms. The van der Waals surface area contributed by atoms with E-state index in [4.69, 9.17) is 11.6 Å². The zero-order valence-electron chi connectivity index (χ0n) is 13.7. The van der Waals surface area contributed by atoms with Gasteiger partial charge in [-0.2, -0.15) is 4.80 Å². The van der Waals surface area contributed by atoms with E-state index in [1.807, 2.05) is 29.2 Å². The molecule has 3 rings (SSSR count). The fraction of sp³-hybridized carbons (Fsp3) is 0.412. The molecule has 1 aliphatic rings. The van der Waals surface area contributed by atoms with E-state index in [1.165, 1.54) is 11.2 Å². The van der Waals surface area contributed by atoms with Gasteiger partial charge in [-0.05, 0) is 60.7 Å². The van der Waals surface area contributed by atoms with Crippen molar-refractivity contribution in [3.8, 4) is 0 Å². The number of nitrogens with zero attached hydrogens (tertiary/aromatic N) is 5. The number of tetrazole rings is 1. The molecule has 1 amide bonds. The summed E-state index contributed by atoms with van der Waals surface area (Å²) in [7, 11) is 0. The van der Waals surface area contributed by atoms with Crippen molar-refractivity contribution >= 4 is 23.6 Å².